The highest BCUT2D eigenvalue weighted by Crippen LogP contribution is 2.27. The Bertz CT molecular complexity index is 1190. The first kappa shape index (κ1) is 25.9. The van der Waals surface area contributed by atoms with Crippen molar-refractivity contribution in [2.24, 2.45) is 0 Å². The Balaban J connectivity index is 0.000000429. The van der Waals surface area contributed by atoms with Crippen LogP contribution in [-0.4, -0.2) is 81.5 Å². The summed E-state index contributed by atoms with van der Waals surface area (Å²) in [5, 5.41) is 19.2. The fourth-order valence-electron chi connectivity index (χ4n) is 3.34. The van der Waals surface area contributed by atoms with Crippen molar-refractivity contribution in [3.63, 3.8) is 0 Å². The minimum atomic E-state index is -5.08. The van der Waals surface area contributed by atoms with Gasteiger partial charge in [0.2, 0.25) is 5.89 Å². The number of alkyl halides is 3. The number of hydrogen-bond donors (Lipinski definition) is 2. The molecule has 0 atom stereocenters. The van der Waals surface area contributed by atoms with E-state index in [0.717, 1.165) is 37.1 Å². The van der Waals surface area contributed by atoms with E-state index < -0.39 is 18.2 Å². The number of halogens is 4. The van der Waals surface area contributed by atoms with Crippen molar-refractivity contribution in [2.75, 3.05) is 33.3 Å². The number of rotatable bonds is 6. The van der Waals surface area contributed by atoms with Crippen molar-refractivity contribution in [2.45, 2.75) is 25.4 Å². The molecule has 1 fully saturated rings. The Hall–Kier alpha value is -3.75. The van der Waals surface area contributed by atoms with Crippen LogP contribution in [0.2, 0.25) is 0 Å². The summed E-state index contributed by atoms with van der Waals surface area (Å²) >= 11 is 0. The Morgan fingerprint density at radius 3 is 2.60 bits per heavy atom. The number of carbonyl (C=O) groups is 2. The maximum Gasteiger partial charge on any atom is 0.490 e. The minimum absolute atomic E-state index is 0.128. The van der Waals surface area contributed by atoms with Crippen molar-refractivity contribution in [1.82, 2.24) is 30.1 Å². The highest BCUT2D eigenvalue weighted by atomic mass is 19.4. The molecular weight excluding hydrogens is 480 g/mol. The second kappa shape index (κ2) is 10.7. The number of aliphatic carboxylic acids is 1. The van der Waals surface area contributed by atoms with E-state index in [9.17, 15) is 22.4 Å². The summed E-state index contributed by atoms with van der Waals surface area (Å²) in [6, 6.07) is 4.57. The van der Waals surface area contributed by atoms with Gasteiger partial charge in [0.15, 0.2) is 0 Å². The van der Waals surface area contributed by atoms with E-state index in [0.29, 0.717) is 23.9 Å². The van der Waals surface area contributed by atoms with Crippen molar-refractivity contribution >= 4 is 23.0 Å². The number of aryl methyl sites for hydroxylation is 1. The van der Waals surface area contributed by atoms with Crippen LogP contribution < -0.4 is 5.32 Å². The summed E-state index contributed by atoms with van der Waals surface area (Å²) < 4.78 is 56.9. The largest absolute Gasteiger partial charge is 0.490 e. The fourth-order valence-corrected chi connectivity index (χ4v) is 3.34. The van der Waals surface area contributed by atoms with Crippen molar-refractivity contribution in [3.8, 4) is 5.95 Å². The molecule has 1 amide bonds. The first-order valence-corrected chi connectivity index (χ1v) is 10.4. The molecule has 2 aromatic heterocycles. The topological polar surface area (TPSA) is 136 Å². The first-order chi connectivity index (χ1) is 16.5. The maximum atomic E-state index is 13.7. The molecular formula is C20H22F4N6O5. The molecule has 190 valence electrons. The molecule has 11 nitrogen and oxygen atoms in total. The number of alkyl carbamates (subject to hydrolysis) is 1. The van der Waals surface area contributed by atoms with E-state index in [2.05, 4.69) is 30.2 Å². The van der Waals surface area contributed by atoms with Gasteiger partial charge >= 0.3 is 18.2 Å². The highest BCUT2D eigenvalue weighted by Gasteiger charge is 2.38. The van der Waals surface area contributed by atoms with E-state index in [-0.39, 0.29) is 11.7 Å². The zero-order chi connectivity index (χ0) is 25.8. The Morgan fingerprint density at radius 1 is 1.31 bits per heavy atom. The number of hydrogen-bond acceptors (Lipinski definition) is 8. The van der Waals surface area contributed by atoms with Crippen LogP contribution in [0.4, 0.5) is 22.4 Å². The van der Waals surface area contributed by atoms with E-state index >= 15 is 0 Å². The molecule has 0 saturated carbocycles. The molecule has 35 heavy (non-hydrogen) atoms. The van der Waals surface area contributed by atoms with Crippen LogP contribution in [-0.2, 0) is 16.0 Å². The fraction of sp³-hybridized carbons (Fsp3) is 0.450. The number of ether oxygens (including phenoxy) is 1. The van der Waals surface area contributed by atoms with Gasteiger partial charge in [-0.1, -0.05) is 6.92 Å². The average molecular weight is 502 g/mol. The van der Waals surface area contributed by atoms with Gasteiger partial charge in [-0.2, -0.15) is 27.9 Å². The number of carboxylic acid groups (broad SMARTS) is 1. The number of likely N-dealkylation sites (tertiary alicyclic amines) is 1. The van der Waals surface area contributed by atoms with Gasteiger partial charge in [0.1, 0.15) is 5.82 Å². The lowest BCUT2D eigenvalue weighted by Crippen LogP contribution is -2.48. The Kier molecular flexibility index (Phi) is 7.89. The molecule has 1 aromatic carbocycles. The van der Waals surface area contributed by atoms with E-state index in [1.807, 2.05) is 6.92 Å². The second-order valence-corrected chi connectivity index (χ2v) is 7.48. The molecule has 0 radical (unpaired) electrons. The molecule has 1 saturated heterocycles. The molecule has 3 heterocycles. The van der Waals surface area contributed by atoms with Gasteiger partial charge in [-0.05, 0) is 23.7 Å². The maximum absolute atomic E-state index is 13.7. The molecule has 15 heteroatoms. The van der Waals surface area contributed by atoms with Crippen LogP contribution in [0, 0.1) is 5.82 Å². The Morgan fingerprint density at radius 2 is 2.00 bits per heavy atom. The van der Waals surface area contributed by atoms with Crippen molar-refractivity contribution in [3.05, 3.63) is 35.6 Å². The minimum Gasteiger partial charge on any atom is -0.475 e. The van der Waals surface area contributed by atoms with Crippen LogP contribution in [0.25, 0.3) is 16.9 Å². The number of benzene rings is 1. The van der Waals surface area contributed by atoms with E-state index in [1.165, 1.54) is 23.9 Å². The smallest absolute Gasteiger partial charge is 0.475 e. The molecule has 4 rings (SSSR count). The van der Waals surface area contributed by atoms with Gasteiger partial charge in [-0.3, -0.25) is 4.90 Å². The van der Waals surface area contributed by atoms with Gasteiger partial charge in [-0.15, -0.1) is 0 Å². The molecule has 0 unspecified atom stereocenters. The van der Waals surface area contributed by atoms with Gasteiger partial charge in [0.25, 0.3) is 5.95 Å². The molecule has 2 N–H and O–H groups in total. The summed E-state index contributed by atoms with van der Waals surface area (Å²) in [4.78, 5) is 26.6. The normalized spacial score (nSPS) is 14.2. The number of aromatic nitrogens is 4. The summed E-state index contributed by atoms with van der Waals surface area (Å²) in [6.07, 6.45) is -4.80. The summed E-state index contributed by atoms with van der Waals surface area (Å²) in [6.45, 7) is 4.75. The average Bonchev–Trinajstić information content (AvgIpc) is 3.39. The number of amides is 1. The predicted octanol–water partition coefficient (Wildman–Crippen LogP) is 2.50. The molecule has 1 aliphatic rings. The third kappa shape index (κ3) is 6.23. The monoisotopic (exact) mass is 502 g/mol. The number of nitrogens with zero attached hydrogens (tertiary/aromatic N) is 5. The van der Waals surface area contributed by atoms with E-state index in [4.69, 9.17) is 14.4 Å². The second-order valence-electron chi connectivity index (χ2n) is 7.48. The molecule has 3 aromatic rings. The van der Waals surface area contributed by atoms with Gasteiger partial charge in [-0.25, -0.2) is 14.0 Å². The number of methoxy groups -OCH3 is 1. The van der Waals surface area contributed by atoms with Gasteiger partial charge < -0.3 is 19.7 Å². The van der Waals surface area contributed by atoms with E-state index in [1.54, 1.807) is 6.07 Å². The summed E-state index contributed by atoms with van der Waals surface area (Å²) in [7, 11) is 1.34. The number of carboxylic acids is 1. The molecule has 0 aliphatic carbocycles. The highest BCUT2D eigenvalue weighted by molar-refractivity contribution is 5.83. The zero-order valence-corrected chi connectivity index (χ0v) is 18.7. The number of nitrogens with one attached hydrogen (secondary N) is 1. The summed E-state index contributed by atoms with van der Waals surface area (Å²) in [5.41, 5.74) is 1.47. The lowest BCUT2D eigenvalue weighted by atomic mass is 10.0. The van der Waals surface area contributed by atoms with Crippen LogP contribution in [0.1, 0.15) is 24.4 Å². The SMILES string of the molecule is CCc1nn(-c2noc(C3CN(CCNC(=O)OC)C3)n2)c2cc(F)ccc12.O=C(O)C(F)(F)F. The van der Waals surface area contributed by atoms with Gasteiger partial charge in [0, 0.05) is 37.6 Å². The number of carbonyl (C=O) groups excluding carboxylic acids is 1. The third-order valence-electron chi connectivity index (χ3n) is 5.11. The van der Waals surface area contributed by atoms with Crippen LogP contribution >= 0.6 is 0 Å². The van der Waals surface area contributed by atoms with Crippen molar-refractivity contribution < 1.29 is 41.5 Å². The van der Waals surface area contributed by atoms with Crippen LogP contribution in [0.3, 0.4) is 0 Å². The first-order valence-electron chi connectivity index (χ1n) is 10.4. The molecule has 0 spiro atoms. The predicted molar refractivity (Wildman–Crippen MR) is 112 cm³/mol. The zero-order valence-electron chi connectivity index (χ0n) is 18.7. The summed E-state index contributed by atoms with van der Waals surface area (Å²) in [5.74, 6) is -2.13. The van der Waals surface area contributed by atoms with Crippen molar-refractivity contribution in [1.29, 1.82) is 0 Å². The molecule has 0 bridgehead atoms. The quantitative estimate of drug-likeness (QED) is 0.487. The van der Waals surface area contributed by atoms with Gasteiger partial charge in [0.05, 0.1) is 24.2 Å². The lowest BCUT2D eigenvalue weighted by molar-refractivity contribution is -0.192. The lowest BCUT2D eigenvalue weighted by Gasteiger charge is -2.36. The standard InChI is InChI=1S/C18H21FN6O3.C2HF3O2/c1-3-14-13-5-4-12(19)8-15(13)25(22-14)17-21-16(28-23-17)11-9-24(10-11)7-6-20-18(26)27-2;3-2(4,5)1(6)7/h4-5,8,11H,3,6-7,9-10H2,1-2H3,(H,20,26);(H,6,7). The molecule has 1 aliphatic heterocycles. The number of fused-ring (bicyclic) bond motifs is 1. The Labute approximate surface area is 195 Å². The third-order valence-corrected chi connectivity index (χ3v) is 5.11. The van der Waals surface area contributed by atoms with Crippen LogP contribution in [0.15, 0.2) is 22.7 Å². The van der Waals surface area contributed by atoms with Crippen LogP contribution in [0.5, 0.6) is 0 Å².